The number of ketones is 1. The molecular formula is C14H15BrO6. The molecule has 0 saturated heterocycles. The highest BCUT2D eigenvalue weighted by molar-refractivity contribution is 9.09. The number of fused-ring (bicyclic) bond motifs is 1. The Balaban J connectivity index is 2.32. The SMILES string of the molecule is CCOC(=O)C(=O)C1=C(O)C2=CC(Br)C(OC)C=C2OC1. The lowest BCUT2D eigenvalue weighted by atomic mass is 9.95. The van der Waals surface area contributed by atoms with Crippen molar-refractivity contribution in [1.82, 2.24) is 0 Å². The monoisotopic (exact) mass is 358 g/mol. The average Bonchev–Trinajstić information content (AvgIpc) is 2.47. The lowest BCUT2D eigenvalue weighted by Gasteiger charge is -2.28. The van der Waals surface area contributed by atoms with Crippen molar-refractivity contribution < 1.29 is 28.9 Å². The van der Waals surface area contributed by atoms with Gasteiger partial charge in [0.2, 0.25) is 0 Å². The van der Waals surface area contributed by atoms with Crippen LogP contribution < -0.4 is 0 Å². The summed E-state index contributed by atoms with van der Waals surface area (Å²) in [6.45, 7) is 1.50. The number of Topliss-reactive ketones (excluding diaryl/α,β-unsaturated/α-hetero) is 1. The largest absolute Gasteiger partial charge is 0.507 e. The van der Waals surface area contributed by atoms with E-state index >= 15 is 0 Å². The molecule has 2 aliphatic rings. The first-order valence-electron chi connectivity index (χ1n) is 6.37. The molecule has 1 heterocycles. The molecule has 6 nitrogen and oxygen atoms in total. The number of aliphatic hydroxyl groups excluding tert-OH is 1. The van der Waals surface area contributed by atoms with Gasteiger partial charge in [-0.3, -0.25) is 4.79 Å². The third-order valence-electron chi connectivity index (χ3n) is 3.14. The Hall–Kier alpha value is -1.60. The van der Waals surface area contributed by atoms with Crippen LogP contribution in [0.4, 0.5) is 0 Å². The molecule has 2 unspecified atom stereocenters. The van der Waals surface area contributed by atoms with Gasteiger partial charge in [-0.15, -0.1) is 0 Å². The maximum Gasteiger partial charge on any atom is 0.379 e. The van der Waals surface area contributed by atoms with E-state index in [-0.39, 0.29) is 35.5 Å². The number of rotatable bonds is 4. The summed E-state index contributed by atoms with van der Waals surface area (Å²) in [5.41, 5.74) is 0.261. The quantitative estimate of drug-likeness (QED) is 0.466. The molecule has 21 heavy (non-hydrogen) atoms. The van der Waals surface area contributed by atoms with E-state index in [0.717, 1.165) is 0 Å². The van der Waals surface area contributed by atoms with Crippen LogP contribution in [0.2, 0.25) is 0 Å². The van der Waals surface area contributed by atoms with Crippen LogP contribution in [0.5, 0.6) is 0 Å². The van der Waals surface area contributed by atoms with Crippen molar-refractivity contribution >= 4 is 27.7 Å². The fourth-order valence-electron chi connectivity index (χ4n) is 2.06. The molecule has 0 fully saturated rings. The Morgan fingerprint density at radius 3 is 2.81 bits per heavy atom. The summed E-state index contributed by atoms with van der Waals surface area (Å²) < 4.78 is 15.3. The van der Waals surface area contributed by atoms with E-state index in [4.69, 9.17) is 9.47 Å². The van der Waals surface area contributed by atoms with E-state index in [0.29, 0.717) is 11.3 Å². The highest BCUT2D eigenvalue weighted by Crippen LogP contribution is 2.34. The molecule has 0 amide bonds. The van der Waals surface area contributed by atoms with Crippen LogP contribution in [-0.4, -0.2) is 48.1 Å². The first-order chi connectivity index (χ1) is 9.99. The normalized spacial score (nSPS) is 24.5. The van der Waals surface area contributed by atoms with Gasteiger partial charge < -0.3 is 19.3 Å². The number of hydrogen-bond acceptors (Lipinski definition) is 6. The van der Waals surface area contributed by atoms with Gasteiger partial charge in [-0.1, -0.05) is 22.0 Å². The second-order valence-electron chi connectivity index (χ2n) is 4.42. The Kier molecular flexibility index (Phi) is 4.84. The molecule has 2 atom stereocenters. The van der Waals surface area contributed by atoms with Gasteiger partial charge >= 0.3 is 5.97 Å². The summed E-state index contributed by atoms with van der Waals surface area (Å²) in [5, 5.41) is 10.2. The predicted molar refractivity (Wildman–Crippen MR) is 76.9 cm³/mol. The molecule has 2 rings (SSSR count). The summed E-state index contributed by atoms with van der Waals surface area (Å²) >= 11 is 3.40. The molecule has 7 heteroatoms. The second kappa shape index (κ2) is 6.44. The number of hydrogen-bond donors (Lipinski definition) is 1. The summed E-state index contributed by atoms with van der Waals surface area (Å²) in [4.78, 5) is 23.2. The van der Waals surface area contributed by atoms with Crippen LogP contribution in [0.1, 0.15) is 6.92 Å². The zero-order valence-electron chi connectivity index (χ0n) is 11.6. The lowest BCUT2D eigenvalue weighted by Crippen LogP contribution is -2.30. The molecule has 0 spiro atoms. The van der Waals surface area contributed by atoms with Crippen LogP contribution in [0.15, 0.2) is 34.8 Å². The summed E-state index contributed by atoms with van der Waals surface area (Å²) in [5.74, 6) is -1.73. The molecule has 1 aliphatic carbocycles. The van der Waals surface area contributed by atoms with E-state index in [1.165, 1.54) is 0 Å². The van der Waals surface area contributed by atoms with E-state index in [1.54, 1.807) is 26.2 Å². The number of methoxy groups -OCH3 is 1. The molecule has 0 saturated carbocycles. The fraction of sp³-hybridized carbons (Fsp3) is 0.429. The van der Waals surface area contributed by atoms with Gasteiger partial charge in [0, 0.05) is 7.11 Å². The van der Waals surface area contributed by atoms with Gasteiger partial charge in [-0.05, 0) is 13.0 Å². The topological polar surface area (TPSA) is 82.1 Å². The van der Waals surface area contributed by atoms with Gasteiger partial charge in [0.05, 0.1) is 28.7 Å². The standard InChI is InChI=1S/C14H15BrO6/c1-3-20-14(18)13(17)8-6-21-10-5-11(19-2)9(15)4-7(10)12(8)16/h4-5,9,11,16H,3,6H2,1-2H3. The minimum absolute atomic E-state index is 0.0896. The average molecular weight is 359 g/mol. The van der Waals surface area contributed by atoms with Gasteiger partial charge in [0.15, 0.2) is 0 Å². The summed E-state index contributed by atoms with van der Waals surface area (Å²) in [6.07, 6.45) is 3.14. The highest BCUT2D eigenvalue weighted by atomic mass is 79.9. The van der Waals surface area contributed by atoms with Crippen molar-refractivity contribution in [2.24, 2.45) is 0 Å². The minimum Gasteiger partial charge on any atom is -0.507 e. The van der Waals surface area contributed by atoms with Crippen molar-refractivity contribution in [1.29, 1.82) is 0 Å². The zero-order chi connectivity index (χ0) is 15.6. The number of aliphatic hydroxyl groups is 1. The van der Waals surface area contributed by atoms with Crippen LogP contribution in [0.25, 0.3) is 0 Å². The van der Waals surface area contributed by atoms with Crippen LogP contribution in [0.3, 0.4) is 0 Å². The van der Waals surface area contributed by atoms with E-state index < -0.39 is 11.8 Å². The number of halogens is 1. The molecule has 0 bridgehead atoms. The number of ether oxygens (including phenoxy) is 3. The first-order valence-corrected chi connectivity index (χ1v) is 7.28. The molecular weight excluding hydrogens is 344 g/mol. The number of esters is 1. The lowest BCUT2D eigenvalue weighted by molar-refractivity contribution is -0.152. The Bertz CT molecular complexity index is 560. The van der Waals surface area contributed by atoms with Crippen molar-refractivity contribution in [2.45, 2.75) is 17.9 Å². The van der Waals surface area contributed by atoms with Gasteiger partial charge in [-0.25, -0.2) is 4.79 Å². The van der Waals surface area contributed by atoms with E-state index in [9.17, 15) is 14.7 Å². The number of carbonyl (C=O) groups excluding carboxylic acids is 2. The zero-order valence-corrected chi connectivity index (χ0v) is 13.2. The van der Waals surface area contributed by atoms with Crippen molar-refractivity contribution in [3.05, 3.63) is 34.8 Å². The molecule has 0 aromatic rings. The number of alkyl halides is 1. The van der Waals surface area contributed by atoms with Crippen molar-refractivity contribution in [3.8, 4) is 0 Å². The Labute approximate surface area is 130 Å². The fourth-order valence-corrected chi connectivity index (χ4v) is 2.69. The van der Waals surface area contributed by atoms with Gasteiger partial charge in [0.1, 0.15) is 18.1 Å². The van der Waals surface area contributed by atoms with Gasteiger partial charge in [-0.2, -0.15) is 0 Å². The van der Waals surface area contributed by atoms with E-state index in [2.05, 4.69) is 20.7 Å². The van der Waals surface area contributed by atoms with Crippen LogP contribution >= 0.6 is 15.9 Å². The van der Waals surface area contributed by atoms with Gasteiger partial charge in [0.25, 0.3) is 5.78 Å². The maximum absolute atomic E-state index is 11.9. The highest BCUT2D eigenvalue weighted by Gasteiger charge is 2.34. The van der Waals surface area contributed by atoms with Crippen molar-refractivity contribution in [2.75, 3.05) is 20.3 Å². The van der Waals surface area contributed by atoms with Crippen LogP contribution in [0, 0.1) is 0 Å². The molecule has 1 aliphatic heterocycles. The Morgan fingerprint density at radius 2 is 2.19 bits per heavy atom. The number of carbonyl (C=O) groups is 2. The molecule has 0 radical (unpaired) electrons. The summed E-state index contributed by atoms with van der Waals surface area (Å²) in [7, 11) is 1.56. The molecule has 0 aromatic carbocycles. The minimum atomic E-state index is -1.00. The third-order valence-corrected chi connectivity index (χ3v) is 3.93. The van der Waals surface area contributed by atoms with E-state index in [1.807, 2.05) is 0 Å². The van der Waals surface area contributed by atoms with Crippen LogP contribution in [-0.2, 0) is 23.8 Å². The van der Waals surface area contributed by atoms with Crippen molar-refractivity contribution in [3.63, 3.8) is 0 Å². The molecule has 1 N–H and O–H groups in total. The Morgan fingerprint density at radius 1 is 1.48 bits per heavy atom. The smallest absolute Gasteiger partial charge is 0.379 e. The molecule has 0 aromatic heterocycles. The third kappa shape index (κ3) is 3.03. The molecule has 114 valence electrons. The first kappa shape index (κ1) is 15.8. The summed E-state index contributed by atoms with van der Waals surface area (Å²) in [6, 6.07) is 0. The maximum atomic E-state index is 11.9. The second-order valence-corrected chi connectivity index (χ2v) is 5.48. The predicted octanol–water partition coefficient (Wildman–Crippen LogP) is 1.56.